The predicted octanol–water partition coefficient (Wildman–Crippen LogP) is 2.16. The van der Waals surface area contributed by atoms with Gasteiger partial charge in [-0.1, -0.05) is 30.3 Å². The van der Waals surface area contributed by atoms with Crippen LogP contribution in [0.5, 0.6) is 5.75 Å². The molecule has 6 nitrogen and oxygen atoms in total. The fourth-order valence-corrected chi connectivity index (χ4v) is 1.96. The lowest BCUT2D eigenvalue weighted by Gasteiger charge is -2.07. The van der Waals surface area contributed by atoms with Crippen LogP contribution in [0.25, 0.3) is 10.8 Å². The van der Waals surface area contributed by atoms with E-state index in [9.17, 15) is 14.0 Å². The van der Waals surface area contributed by atoms with Crippen LogP contribution in [0.2, 0.25) is 0 Å². The molecule has 0 atom stereocenters. The second-order valence-corrected chi connectivity index (χ2v) is 4.50. The van der Waals surface area contributed by atoms with Crippen LogP contribution in [0, 0.1) is 5.82 Å². The smallest absolute Gasteiger partial charge is 0.410 e. The number of hydrogen-bond donors (Lipinski definition) is 1. The summed E-state index contributed by atoms with van der Waals surface area (Å²) >= 11 is 0. The fourth-order valence-electron chi connectivity index (χ4n) is 1.96. The number of nitrogens with zero attached hydrogens (tertiary/aromatic N) is 2. The number of halogens is 1. The maximum absolute atomic E-state index is 13.3. The van der Waals surface area contributed by atoms with E-state index in [1.807, 2.05) is 24.3 Å². The summed E-state index contributed by atoms with van der Waals surface area (Å²) in [4.78, 5) is 26.7. The molecular formula is C15H10FN3O3. The van der Waals surface area contributed by atoms with Gasteiger partial charge in [0.15, 0.2) is 11.6 Å². The molecule has 2 N–H and O–H groups in total. The number of anilines is 1. The Balaban J connectivity index is 1.93. The number of fused-ring (bicyclic) bond motifs is 1. The van der Waals surface area contributed by atoms with Crippen LogP contribution in [0.4, 0.5) is 15.0 Å². The molecule has 3 rings (SSSR count). The number of nitrogen functional groups attached to an aromatic ring is 1. The van der Waals surface area contributed by atoms with Crippen molar-refractivity contribution in [1.82, 2.24) is 9.55 Å². The maximum atomic E-state index is 13.3. The molecule has 0 aliphatic rings. The zero-order valence-electron chi connectivity index (χ0n) is 11.2. The summed E-state index contributed by atoms with van der Waals surface area (Å²) in [5.74, 6) is -1.32. The Morgan fingerprint density at radius 2 is 1.91 bits per heavy atom. The summed E-state index contributed by atoms with van der Waals surface area (Å²) in [7, 11) is 0. The molecule has 0 spiro atoms. The SMILES string of the molecule is Nc1nc(=O)n(C(=O)Oc2ccc3ccccc3c2)cc1F. The third-order valence-corrected chi connectivity index (χ3v) is 3.03. The second-order valence-electron chi connectivity index (χ2n) is 4.50. The largest absolute Gasteiger partial charge is 0.427 e. The fraction of sp³-hybridized carbons (Fsp3) is 0. The topological polar surface area (TPSA) is 87.2 Å². The number of rotatable bonds is 1. The molecule has 7 heteroatoms. The number of ether oxygens (including phenoxy) is 1. The first-order valence-electron chi connectivity index (χ1n) is 6.30. The number of aromatic nitrogens is 2. The van der Waals surface area contributed by atoms with Crippen LogP contribution < -0.4 is 16.2 Å². The van der Waals surface area contributed by atoms with E-state index in [1.54, 1.807) is 18.2 Å². The molecule has 0 bridgehead atoms. The van der Waals surface area contributed by atoms with E-state index in [0.717, 1.165) is 10.8 Å². The van der Waals surface area contributed by atoms with E-state index in [-0.39, 0.29) is 5.75 Å². The average Bonchev–Trinajstić information content (AvgIpc) is 2.50. The van der Waals surface area contributed by atoms with Crippen molar-refractivity contribution in [1.29, 1.82) is 0 Å². The van der Waals surface area contributed by atoms with Crippen LogP contribution >= 0.6 is 0 Å². The standard InChI is InChI=1S/C15H10FN3O3/c16-12-8-19(14(20)18-13(12)17)15(21)22-11-6-5-9-3-1-2-4-10(9)7-11/h1-8H,(H2,17,18,20). The minimum Gasteiger partial charge on any atom is -0.410 e. The third kappa shape index (κ3) is 2.51. The number of carbonyl (C=O) groups excluding carboxylic acids is 1. The average molecular weight is 299 g/mol. The molecule has 1 aromatic heterocycles. The summed E-state index contributed by atoms with van der Waals surface area (Å²) in [6.45, 7) is 0. The predicted molar refractivity (Wildman–Crippen MR) is 78.2 cm³/mol. The Morgan fingerprint density at radius 1 is 1.18 bits per heavy atom. The zero-order chi connectivity index (χ0) is 15.7. The number of nitrogens with two attached hydrogens (primary N) is 1. The van der Waals surface area contributed by atoms with E-state index >= 15 is 0 Å². The lowest BCUT2D eigenvalue weighted by molar-refractivity contribution is 0.200. The first kappa shape index (κ1) is 13.7. The molecule has 2 aromatic carbocycles. The van der Waals surface area contributed by atoms with Crippen LogP contribution in [-0.2, 0) is 0 Å². The van der Waals surface area contributed by atoms with E-state index in [2.05, 4.69) is 4.98 Å². The van der Waals surface area contributed by atoms with E-state index < -0.39 is 23.4 Å². The summed E-state index contributed by atoms with van der Waals surface area (Å²) in [6.07, 6.45) is -0.416. The molecule has 3 aromatic rings. The highest BCUT2D eigenvalue weighted by Crippen LogP contribution is 2.20. The van der Waals surface area contributed by atoms with Gasteiger partial charge in [0.1, 0.15) is 5.75 Å². The second kappa shape index (κ2) is 5.28. The van der Waals surface area contributed by atoms with Crippen molar-refractivity contribution in [2.24, 2.45) is 0 Å². The number of benzene rings is 2. The first-order valence-corrected chi connectivity index (χ1v) is 6.30. The lowest BCUT2D eigenvalue weighted by atomic mass is 10.1. The summed E-state index contributed by atoms with van der Waals surface area (Å²) < 4.78 is 18.8. The molecule has 0 unspecified atom stereocenters. The Kier molecular flexibility index (Phi) is 3.30. The highest BCUT2D eigenvalue weighted by molar-refractivity contribution is 5.84. The molecule has 0 fully saturated rings. The van der Waals surface area contributed by atoms with Gasteiger partial charge in [0.25, 0.3) is 0 Å². The van der Waals surface area contributed by atoms with E-state index in [4.69, 9.17) is 10.5 Å². The van der Waals surface area contributed by atoms with Crippen LogP contribution in [0.15, 0.2) is 53.5 Å². The van der Waals surface area contributed by atoms with Crippen molar-refractivity contribution in [3.63, 3.8) is 0 Å². The molecule has 0 aliphatic carbocycles. The molecule has 0 radical (unpaired) electrons. The normalized spacial score (nSPS) is 10.6. The van der Waals surface area contributed by atoms with Gasteiger partial charge in [-0.25, -0.2) is 14.0 Å². The summed E-state index contributed by atoms with van der Waals surface area (Å²) in [5.41, 5.74) is 4.14. The minimum absolute atomic E-state index is 0.229. The van der Waals surface area contributed by atoms with Gasteiger partial charge >= 0.3 is 11.8 Å². The molecule has 1 heterocycles. The molecule has 0 aliphatic heterocycles. The zero-order valence-corrected chi connectivity index (χ0v) is 11.2. The van der Waals surface area contributed by atoms with E-state index in [0.29, 0.717) is 10.8 Å². The van der Waals surface area contributed by atoms with Crippen molar-refractivity contribution in [2.75, 3.05) is 5.73 Å². The molecule has 0 saturated heterocycles. The van der Waals surface area contributed by atoms with Crippen LogP contribution in [0.1, 0.15) is 0 Å². The van der Waals surface area contributed by atoms with Gasteiger partial charge in [-0.05, 0) is 22.9 Å². The Labute approximate surface area is 123 Å². The molecular weight excluding hydrogens is 289 g/mol. The van der Waals surface area contributed by atoms with Crippen molar-refractivity contribution < 1.29 is 13.9 Å². The maximum Gasteiger partial charge on any atom is 0.427 e. The van der Waals surface area contributed by atoms with Crippen molar-refractivity contribution in [2.45, 2.75) is 0 Å². The van der Waals surface area contributed by atoms with E-state index in [1.165, 1.54) is 0 Å². The first-order chi connectivity index (χ1) is 10.5. The van der Waals surface area contributed by atoms with Gasteiger partial charge in [-0.15, -0.1) is 0 Å². The molecule has 22 heavy (non-hydrogen) atoms. The Hall–Kier alpha value is -3.22. The van der Waals surface area contributed by atoms with Gasteiger partial charge in [-0.3, -0.25) is 0 Å². The third-order valence-electron chi connectivity index (χ3n) is 3.03. The molecule has 0 saturated carbocycles. The van der Waals surface area contributed by atoms with Gasteiger partial charge in [-0.2, -0.15) is 9.55 Å². The number of carbonyl (C=O) groups is 1. The van der Waals surface area contributed by atoms with Crippen molar-refractivity contribution in [3.05, 3.63) is 65.0 Å². The van der Waals surface area contributed by atoms with Crippen LogP contribution in [-0.4, -0.2) is 15.6 Å². The Morgan fingerprint density at radius 3 is 2.68 bits per heavy atom. The van der Waals surface area contributed by atoms with Gasteiger partial charge < -0.3 is 10.5 Å². The minimum atomic E-state index is -1.06. The monoisotopic (exact) mass is 299 g/mol. The van der Waals surface area contributed by atoms with Gasteiger partial charge in [0.2, 0.25) is 0 Å². The van der Waals surface area contributed by atoms with Gasteiger partial charge in [0.05, 0.1) is 6.20 Å². The molecule has 110 valence electrons. The lowest BCUT2D eigenvalue weighted by Crippen LogP contribution is -2.32. The van der Waals surface area contributed by atoms with Crippen LogP contribution in [0.3, 0.4) is 0 Å². The Bertz CT molecular complexity index is 937. The van der Waals surface area contributed by atoms with Crippen molar-refractivity contribution >= 4 is 22.7 Å². The summed E-state index contributed by atoms with van der Waals surface area (Å²) in [6, 6.07) is 12.5. The highest BCUT2D eigenvalue weighted by atomic mass is 19.1. The van der Waals surface area contributed by atoms with Crippen molar-refractivity contribution in [3.8, 4) is 5.75 Å². The highest BCUT2D eigenvalue weighted by Gasteiger charge is 2.14. The summed E-state index contributed by atoms with van der Waals surface area (Å²) in [5, 5.41) is 1.83. The molecule has 0 amide bonds. The number of hydrogen-bond acceptors (Lipinski definition) is 5. The van der Waals surface area contributed by atoms with Gasteiger partial charge in [0, 0.05) is 0 Å². The quantitative estimate of drug-likeness (QED) is 0.744.